The van der Waals surface area contributed by atoms with Gasteiger partial charge in [0.15, 0.2) is 0 Å². The van der Waals surface area contributed by atoms with Crippen molar-refractivity contribution in [2.45, 2.75) is 51.1 Å². The molecular formula is C12H22N2O2. The Hall–Kier alpha value is -0.770. The van der Waals surface area contributed by atoms with Gasteiger partial charge in [-0.25, -0.2) is 4.79 Å². The normalized spacial score (nSPS) is 25.9. The van der Waals surface area contributed by atoms with E-state index in [0.717, 1.165) is 19.6 Å². The highest BCUT2D eigenvalue weighted by Gasteiger charge is 2.27. The van der Waals surface area contributed by atoms with E-state index in [2.05, 4.69) is 12.2 Å². The lowest BCUT2D eigenvalue weighted by Gasteiger charge is -2.29. The Morgan fingerprint density at radius 2 is 2.12 bits per heavy atom. The molecule has 2 aliphatic rings. The molecule has 0 aromatic carbocycles. The summed E-state index contributed by atoms with van der Waals surface area (Å²) in [7, 11) is 0. The summed E-state index contributed by atoms with van der Waals surface area (Å²) < 4.78 is 5.26. The minimum absolute atomic E-state index is 0.102. The molecule has 4 nitrogen and oxygen atoms in total. The van der Waals surface area contributed by atoms with Crippen LogP contribution in [-0.2, 0) is 4.74 Å². The van der Waals surface area contributed by atoms with Crippen molar-refractivity contribution in [1.29, 1.82) is 0 Å². The molecule has 0 aromatic rings. The van der Waals surface area contributed by atoms with Crippen molar-refractivity contribution in [2.24, 2.45) is 0 Å². The van der Waals surface area contributed by atoms with Gasteiger partial charge in [-0.05, 0) is 26.2 Å². The molecule has 0 spiro atoms. The summed E-state index contributed by atoms with van der Waals surface area (Å²) in [6.07, 6.45) is 5.82. The van der Waals surface area contributed by atoms with Crippen molar-refractivity contribution in [1.82, 2.24) is 10.2 Å². The number of carbonyl (C=O) groups excluding carboxylic acids is 1. The summed E-state index contributed by atoms with van der Waals surface area (Å²) in [6.45, 7) is 4.32. The Morgan fingerprint density at radius 1 is 1.38 bits per heavy atom. The van der Waals surface area contributed by atoms with Gasteiger partial charge < -0.3 is 15.0 Å². The molecule has 1 heterocycles. The van der Waals surface area contributed by atoms with E-state index in [1.807, 2.05) is 4.90 Å². The molecular weight excluding hydrogens is 204 g/mol. The summed E-state index contributed by atoms with van der Waals surface area (Å²) in [5.41, 5.74) is 0. The minimum atomic E-state index is 0.102. The van der Waals surface area contributed by atoms with E-state index in [-0.39, 0.29) is 12.1 Å². The highest BCUT2D eigenvalue weighted by molar-refractivity contribution is 5.75. The van der Waals surface area contributed by atoms with E-state index in [0.29, 0.717) is 12.6 Å². The summed E-state index contributed by atoms with van der Waals surface area (Å²) >= 11 is 0. The second kappa shape index (κ2) is 5.53. The largest absolute Gasteiger partial charge is 0.379 e. The Bertz CT molecular complexity index is 233. The third-order valence-corrected chi connectivity index (χ3v) is 3.62. The van der Waals surface area contributed by atoms with Gasteiger partial charge in [-0.3, -0.25) is 0 Å². The van der Waals surface area contributed by atoms with E-state index < -0.39 is 0 Å². The van der Waals surface area contributed by atoms with Gasteiger partial charge in [-0.15, -0.1) is 0 Å². The second-order valence-corrected chi connectivity index (χ2v) is 4.73. The standard InChI is InChI=1S/C12H22N2O2/c1-2-14(11-5-3-4-6-11)12(15)13-10-7-8-16-9-10/h10-11H,2-9H2,1H3,(H,13,15). The predicted molar refractivity (Wildman–Crippen MR) is 62.4 cm³/mol. The van der Waals surface area contributed by atoms with Gasteiger partial charge in [0.2, 0.25) is 0 Å². The molecule has 0 aromatic heterocycles. The second-order valence-electron chi connectivity index (χ2n) is 4.73. The highest BCUT2D eigenvalue weighted by atomic mass is 16.5. The first-order valence-corrected chi connectivity index (χ1v) is 6.46. The fraction of sp³-hybridized carbons (Fsp3) is 0.917. The number of nitrogens with zero attached hydrogens (tertiary/aromatic N) is 1. The van der Waals surface area contributed by atoms with Crippen LogP contribution in [0.15, 0.2) is 0 Å². The van der Waals surface area contributed by atoms with Gasteiger partial charge in [0.05, 0.1) is 12.6 Å². The number of hydrogen-bond acceptors (Lipinski definition) is 2. The number of nitrogens with one attached hydrogen (secondary N) is 1. The average Bonchev–Trinajstić information content (AvgIpc) is 2.91. The van der Waals surface area contributed by atoms with E-state index in [1.165, 1.54) is 25.7 Å². The van der Waals surface area contributed by atoms with Crippen molar-refractivity contribution in [3.05, 3.63) is 0 Å². The first-order chi connectivity index (χ1) is 7.81. The lowest BCUT2D eigenvalue weighted by Crippen LogP contribution is -2.48. The van der Waals surface area contributed by atoms with Crippen LogP contribution in [0.1, 0.15) is 39.0 Å². The van der Waals surface area contributed by atoms with Crippen LogP contribution in [0.4, 0.5) is 4.79 Å². The van der Waals surface area contributed by atoms with Gasteiger partial charge in [-0.2, -0.15) is 0 Å². The molecule has 2 amide bonds. The first kappa shape index (κ1) is 11.7. The van der Waals surface area contributed by atoms with Crippen LogP contribution in [0.25, 0.3) is 0 Å². The highest BCUT2D eigenvalue weighted by Crippen LogP contribution is 2.23. The Labute approximate surface area is 97.3 Å². The molecule has 4 heteroatoms. The number of ether oxygens (including phenoxy) is 1. The molecule has 1 saturated heterocycles. The summed E-state index contributed by atoms with van der Waals surface area (Å²) in [4.78, 5) is 14.1. The molecule has 2 fully saturated rings. The zero-order chi connectivity index (χ0) is 11.4. The smallest absolute Gasteiger partial charge is 0.317 e. The zero-order valence-corrected chi connectivity index (χ0v) is 10.1. The van der Waals surface area contributed by atoms with E-state index in [1.54, 1.807) is 0 Å². The minimum Gasteiger partial charge on any atom is -0.379 e. The molecule has 1 N–H and O–H groups in total. The molecule has 0 radical (unpaired) electrons. The van der Waals surface area contributed by atoms with E-state index >= 15 is 0 Å². The lowest BCUT2D eigenvalue weighted by atomic mass is 10.2. The van der Waals surface area contributed by atoms with Crippen LogP contribution in [0.2, 0.25) is 0 Å². The van der Waals surface area contributed by atoms with E-state index in [4.69, 9.17) is 4.74 Å². The third kappa shape index (κ3) is 2.67. The van der Waals surface area contributed by atoms with Crippen LogP contribution in [0, 0.1) is 0 Å². The average molecular weight is 226 g/mol. The SMILES string of the molecule is CCN(C(=O)NC1CCOC1)C1CCCC1. The van der Waals surface area contributed by atoms with E-state index in [9.17, 15) is 4.79 Å². The summed E-state index contributed by atoms with van der Waals surface area (Å²) in [5.74, 6) is 0. The molecule has 92 valence electrons. The van der Waals surface area contributed by atoms with Gasteiger partial charge in [0.25, 0.3) is 0 Å². The number of urea groups is 1. The van der Waals surface area contributed by atoms with Gasteiger partial charge in [0.1, 0.15) is 0 Å². The zero-order valence-electron chi connectivity index (χ0n) is 10.1. The molecule has 1 unspecified atom stereocenters. The van der Waals surface area contributed by atoms with Crippen LogP contribution >= 0.6 is 0 Å². The quantitative estimate of drug-likeness (QED) is 0.796. The van der Waals surface area contributed by atoms with Crippen LogP contribution in [0.3, 0.4) is 0 Å². The van der Waals surface area contributed by atoms with Crippen LogP contribution in [0.5, 0.6) is 0 Å². The fourth-order valence-corrected chi connectivity index (χ4v) is 2.69. The fourth-order valence-electron chi connectivity index (χ4n) is 2.69. The van der Waals surface area contributed by atoms with Gasteiger partial charge >= 0.3 is 6.03 Å². The Kier molecular flexibility index (Phi) is 4.04. The summed E-state index contributed by atoms with van der Waals surface area (Å²) in [6, 6.07) is 0.792. The van der Waals surface area contributed by atoms with Gasteiger partial charge in [-0.1, -0.05) is 12.8 Å². The maximum Gasteiger partial charge on any atom is 0.317 e. The molecule has 16 heavy (non-hydrogen) atoms. The van der Waals surface area contributed by atoms with Crippen molar-refractivity contribution >= 4 is 6.03 Å². The monoisotopic (exact) mass is 226 g/mol. The lowest BCUT2D eigenvalue weighted by molar-refractivity contribution is 0.166. The van der Waals surface area contributed by atoms with Crippen LogP contribution < -0.4 is 5.32 Å². The van der Waals surface area contributed by atoms with Crippen molar-refractivity contribution in [2.75, 3.05) is 19.8 Å². The molecule has 1 saturated carbocycles. The first-order valence-electron chi connectivity index (χ1n) is 6.46. The number of rotatable bonds is 3. The maximum absolute atomic E-state index is 12.1. The topological polar surface area (TPSA) is 41.6 Å². The van der Waals surface area contributed by atoms with Crippen molar-refractivity contribution in [3.8, 4) is 0 Å². The molecule has 1 aliphatic carbocycles. The number of amides is 2. The number of carbonyl (C=O) groups is 1. The number of hydrogen-bond donors (Lipinski definition) is 1. The Balaban J connectivity index is 1.84. The van der Waals surface area contributed by atoms with Crippen molar-refractivity contribution in [3.63, 3.8) is 0 Å². The molecule has 0 bridgehead atoms. The molecule has 1 aliphatic heterocycles. The third-order valence-electron chi connectivity index (χ3n) is 3.62. The summed E-state index contributed by atoms with van der Waals surface area (Å²) in [5, 5.41) is 3.07. The Morgan fingerprint density at radius 3 is 2.69 bits per heavy atom. The molecule has 2 rings (SSSR count). The maximum atomic E-state index is 12.1. The van der Waals surface area contributed by atoms with Crippen LogP contribution in [-0.4, -0.2) is 42.8 Å². The van der Waals surface area contributed by atoms with Crippen molar-refractivity contribution < 1.29 is 9.53 Å². The molecule has 1 atom stereocenters. The predicted octanol–water partition coefficient (Wildman–Crippen LogP) is 1.75. The van der Waals surface area contributed by atoms with Gasteiger partial charge in [0, 0.05) is 19.2 Å².